The van der Waals surface area contributed by atoms with Crippen LogP contribution in [0.3, 0.4) is 0 Å². The van der Waals surface area contributed by atoms with E-state index in [9.17, 15) is 29.1 Å². The van der Waals surface area contributed by atoms with Gasteiger partial charge in [-0.25, -0.2) is 0 Å². The fourth-order valence-electron chi connectivity index (χ4n) is 5.44. The number of aliphatic hydroxyl groups is 1. The molecule has 2 aliphatic heterocycles. The van der Waals surface area contributed by atoms with Crippen LogP contribution >= 0.6 is 0 Å². The number of carbonyl (C=O) groups excluding carboxylic acids is 5. The zero-order valence-electron chi connectivity index (χ0n) is 24.7. The van der Waals surface area contributed by atoms with Gasteiger partial charge in [0, 0.05) is 30.8 Å². The topological polar surface area (TPSA) is 157 Å². The molecule has 0 bridgehead atoms. The number of fused-ring (bicyclic) bond motifs is 1. The van der Waals surface area contributed by atoms with E-state index in [0.29, 0.717) is 55.5 Å². The Kier molecular flexibility index (Phi) is 10.5. The predicted molar refractivity (Wildman–Crippen MR) is 161 cm³/mol. The minimum atomic E-state index is -1.33. The van der Waals surface area contributed by atoms with Crippen molar-refractivity contribution in [3.63, 3.8) is 0 Å². The highest BCUT2D eigenvalue weighted by atomic mass is 16.3. The van der Waals surface area contributed by atoms with Crippen molar-refractivity contribution in [2.24, 2.45) is 0 Å². The van der Waals surface area contributed by atoms with Gasteiger partial charge in [0.15, 0.2) is 0 Å². The summed E-state index contributed by atoms with van der Waals surface area (Å²) in [5.74, 6) is -2.05. The Balaban J connectivity index is 1.57. The van der Waals surface area contributed by atoms with Crippen LogP contribution in [0.2, 0.25) is 0 Å². The van der Waals surface area contributed by atoms with Crippen LogP contribution in [0.1, 0.15) is 68.3 Å². The molecule has 43 heavy (non-hydrogen) atoms. The van der Waals surface area contributed by atoms with E-state index in [1.807, 2.05) is 18.2 Å². The summed E-state index contributed by atoms with van der Waals surface area (Å²) in [5, 5.41) is 20.5. The maximum atomic E-state index is 13.9. The first-order valence-corrected chi connectivity index (χ1v) is 14.9. The Bertz CT molecular complexity index is 1320. The predicted octanol–water partition coefficient (Wildman–Crippen LogP) is 1.90. The molecule has 4 rings (SSSR count). The first-order chi connectivity index (χ1) is 20.6. The number of aliphatic hydroxyl groups excluding tert-OH is 1. The molecule has 2 fully saturated rings. The smallest absolute Gasteiger partial charge is 0.255 e. The summed E-state index contributed by atoms with van der Waals surface area (Å²) in [6, 6.07) is 13.2. The second-order valence-corrected chi connectivity index (χ2v) is 11.4. The van der Waals surface area contributed by atoms with Crippen LogP contribution in [0.15, 0.2) is 54.6 Å². The van der Waals surface area contributed by atoms with E-state index in [2.05, 4.69) is 21.3 Å². The van der Waals surface area contributed by atoms with Gasteiger partial charge < -0.3 is 31.3 Å². The van der Waals surface area contributed by atoms with E-state index in [1.165, 1.54) is 4.90 Å². The van der Waals surface area contributed by atoms with Crippen molar-refractivity contribution in [2.45, 2.75) is 82.5 Å². The Labute approximate surface area is 251 Å². The van der Waals surface area contributed by atoms with Crippen LogP contribution in [0, 0.1) is 0 Å². The molecule has 0 spiro atoms. The zero-order chi connectivity index (χ0) is 31.0. The van der Waals surface area contributed by atoms with Gasteiger partial charge in [0.05, 0.1) is 0 Å². The van der Waals surface area contributed by atoms with Crippen LogP contribution in [-0.4, -0.2) is 76.4 Å². The molecule has 0 aromatic heterocycles. The van der Waals surface area contributed by atoms with Crippen molar-refractivity contribution in [3.05, 3.63) is 65.7 Å². The summed E-state index contributed by atoms with van der Waals surface area (Å²) in [5.41, 5.74) is 0.490. The molecule has 230 valence electrons. The second-order valence-electron chi connectivity index (χ2n) is 11.4. The maximum absolute atomic E-state index is 13.9. The Morgan fingerprint density at radius 2 is 1.70 bits per heavy atom. The maximum Gasteiger partial charge on any atom is 0.255 e. The van der Waals surface area contributed by atoms with Gasteiger partial charge in [0.2, 0.25) is 23.6 Å². The lowest BCUT2D eigenvalue weighted by atomic mass is 9.94. The van der Waals surface area contributed by atoms with Crippen molar-refractivity contribution in [3.8, 4) is 0 Å². The number of nitrogens with zero attached hydrogens (tertiary/aromatic N) is 1. The normalized spacial score (nSPS) is 24.6. The summed E-state index contributed by atoms with van der Waals surface area (Å²) in [6.45, 7) is 3.68. The van der Waals surface area contributed by atoms with E-state index in [0.717, 1.165) is 0 Å². The largest absolute Gasteiger partial charge is 0.396 e. The number of amides is 5. The van der Waals surface area contributed by atoms with Crippen LogP contribution in [-0.2, 0) is 25.6 Å². The molecule has 0 aliphatic carbocycles. The molecule has 0 unspecified atom stereocenters. The molecule has 2 aromatic carbocycles. The van der Waals surface area contributed by atoms with Crippen molar-refractivity contribution in [1.29, 1.82) is 0 Å². The van der Waals surface area contributed by atoms with Crippen molar-refractivity contribution in [1.82, 2.24) is 20.9 Å². The van der Waals surface area contributed by atoms with Crippen LogP contribution in [0.5, 0.6) is 0 Å². The molecule has 0 saturated carbocycles. The van der Waals surface area contributed by atoms with Crippen LogP contribution in [0.4, 0.5) is 5.69 Å². The SMILES string of the molecule is CC[C@]1(C)NC(=O)[C@H](CCCCO)NC(=O)[C@H]2CCCN2C(=O)[C@H](Cc2ccc(C(=O)Nc3ccccc3)cc2)NC1=O. The Morgan fingerprint density at radius 3 is 2.37 bits per heavy atom. The molecule has 5 N–H and O–H groups in total. The third-order valence-corrected chi connectivity index (χ3v) is 8.27. The highest BCUT2D eigenvalue weighted by molar-refractivity contribution is 6.04. The number of para-hydroxylation sites is 1. The Morgan fingerprint density at radius 1 is 0.977 bits per heavy atom. The standard InChI is InChI=1S/C32H41N5O6/c1-3-32(2)31(43)35-25(20-21-14-16-22(17-15-21)27(39)33-23-10-5-4-6-11-23)30(42)37-18-9-13-26(37)29(41)34-24(28(40)36-32)12-7-8-19-38/h4-6,10-11,14-17,24-26,38H,3,7-9,12-13,18-20H2,1-2H3,(H,33,39)(H,34,41)(H,35,43)(H,36,40)/t24-,25-,26+,32-/m0/s1. The lowest BCUT2D eigenvalue weighted by molar-refractivity contribution is -0.144. The fourth-order valence-corrected chi connectivity index (χ4v) is 5.44. The lowest BCUT2D eigenvalue weighted by Gasteiger charge is -2.36. The molecular formula is C32H41N5O6. The molecular weight excluding hydrogens is 550 g/mol. The van der Waals surface area contributed by atoms with Gasteiger partial charge in [-0.05, 0) is 75.3 Å². The van der Waals surface area contributed by atoms with Crippen LogP contribution < -0.4 is 21.3 Å². The molecule has 0 radical (unpaired) electrons. The fraction of sp³-hybridized carbons (Fsp3) is 0.469. The third kappa shape index (κ3) is 7.78. The number of hydrogen-bond donors (Lipinski definition) is 5. The van der Waals surface area contributed by atoms with Gasteiger partial charge in [-0.15, -0.1) is 0 Å². The Hall–Kier alpha value is -4.25. The van der Waals surface area contributed by atoms with Gasteiger partial charge in [-0.2, -0.15) is 0 Å². The summed E-state index contributed by atoms with van der Waals surface area (Å²) < 4.78 is 0. The van der Waals surface area contributed by atoms with Crippen molar-refractivity contribution in [2.75, 3.05) is 18.5 Å². The minimum Gasteiger partial charge on any atom is -0.396 e. The molecule has 4 atom stereocenters. The molecule has 5 amide bonds. The van der Waals surface area contributed by atoms with Gasteiger partial charge in [0.1, 0.15) is 23.7 Å². The summed E-state index contributed by atoms with van der Waals surface area (Å²) in [6.07, 6.45) is 2.71. The number of anilines is 1. The van der Waals surface area contributed by atoms with E-state index in [4.69, 9.17) is 0 Å². The number of carbonyl (C=O) groups is 5. The first-order valence-electron chi connectivity index (χ1n) is 14.9. The van der Waals surface area contributed by atoms with Gasteiger partial charge >= 0.3 is 0 Å². The average molecular weight is 592 g/mol. The number of nitrogens with one attached hydrogen (secondary N) is 4. The molecule has 2 heterocycles. The third-order valence-electron chi connectivity index (χ3n) is 8.27. The van der Waals surface area contributed by atoms with Gasteiger partial charge in [0.25, 0.3) is 5.91 Å². The van der Waals surface area contributed by atoms with Crippen molar-refractivity contribution >= 4 is 35.2 Å². The minimum absolute atomic E-state index is 0.0345. The highest BCUT2D eigenvalue weighted by Gasteiger charge is 2.43. The lowest BCUT2D eigenvalue weighted by Crippen LogP contribution is -2.65. The van der Waals surface area contributed by atoms with E-state index < -0.39 is 41.4 Å². The number of benzene rings is 2. The number of unbranched alkanes of at least 4 members (excludes halogenated alkanes) is 1. The van der Waals surface area contributed by atoms with Gasteiger partial charge in [-0.1, -0.05) is 37.3 Å². The summed E-state index contributed by atoms with van der Waals surface area (Å²) in [4.78, 5) is 68.5. The molecule has 11 nitrogen and oxygen atoms in total. The number of hydrogen-bond acceptors (Lipinski definition) is 6. The van der Waals surface area contributed by atoms with Crippen molar-refractivity contribution < 1.29 is 29.1 Å². The number of rotatable bonds is 9. The first kappa shape index (κ1) is 31.7. The molecule has 2 saturated heterocycles. The average Bonchev–Trinajstić information content (AvgIpc) is 3.50. The molecule has 2 aromatic rings. The summed E-state index contributed by atoms with van der Waals surface area (Å²) in [7, 11) is 0. The van der Waals surface area contributed by atoms with E-state index in [-0.39, 0.29) is 31.3 Å². The van der Waals surface area contributed by atoms with Crippen LogP contribution in [0.25, 0.3) is 0 Å². The van der Waals surface area contributed by atoms with E-state index >= 15 is 0 Å². The summed E-state index contributed by atoms with van der Waals surface area (Å²) >= 11 is 0. The quantitative estimate of drug-likeness (QED) is 0.281. The van der Waals surface area contributed by atoms with E-state index in [1.54, 1.807) is 50.2 Å². The highest BCUT2D eigenvalue weighted by Crippen LogP contribution is 2.22. The van der Waals surface area contributed by atoms with Gasteiger partial charge in [-0.3, -0.25) is 24.0 Å². The molecule has 2 aliphatic rings. The monoisotopic (exact) mass is 591 g/mol. The molecule has 11 heteroatoms. The second kappa shape index (κ2) is 14.3. The zero-order valence-corrected chi connectivity index (χ0v) is 24.7.